The van der Waals surface area contributed by atoms with Gasteiger partial charge in [0.05, 0.1) is 12.0 Å². The molecule has 0 spiro atoms. The zero-order valence-electron chi connectivity index (χ0n) is 19.4. The lowest BCUT2D eigenvalue weighted by molar-refractivity contribution is -0.0693. The van der Waals surface area contributed by atoms with Gasteiger partial charge in [-0.25, -0.2) is 27.9 Å². The molecule has 2 aliphatic rings. The van der Waals surface area contributed by atoms with E-state index < -0.39 is 18.1 Å². The van der Waals surface area contributed by atoms with Crippen molar-refractivity contribution in [2.24, 2.45) is 0 Å². The predicted octanol–water partition coefficient (Wildman–Crippen LogP) is 6.31. The summed E-state index contributed by atoms with van der Waals surface area (Å²) in [4.78, 5) is 22.8. The van der Waals surface area contributed by atoms with Crippen LogP contribution in [0.1, 0.15) is 55.6 Å². The fourth-order valence-corrected chi connectivity index (χ4v) is 4.82. The number of halogens is 3. The lowest BCUT2D eigenvalue weighted by Gasteiger charge is -2.33. The number of piperidine rings is 1. The smallest absolute Gasteiger partial charge is 0.410 e. The lowest BCUT2D eigenvalue weighted by atomic mass is 9.90. The number of carbonyl (C=O) groups excluding carboxylic acids is 1. The fourth-order valence-electron chi connectivity index (χ4n) is 4.82. The highest BCUT2D eigenvalue weighted by Crippen LogP contribution is 2.37. The van der Waals surface area contributed by atoms with E-state index in [0.29, 0.717) is 48.5 Å². The van der Waals surface area contributed by atoms with Crippen molar-refractivity contribution in [3.63, 3.8) is 0 Å². The van der Waals surface area contributed by atoms with Crippen molar-refractivity contribution in [3.05, 3.63) is 47.7 Å². The van der Waals surface area contributed by atoms with Crippen LogP contribution < -0.4 is 5.32 Å². The molecule has 7 nitrogen and oxygen atoms in total. The van der Waals surface area contributed by atoms with Crippen molar-refractivity contribution in [2.75, 3.05) is 18.4 Å². The minimum absolute atomic E-state index is 0.118. The molecule has 2 fully saturated rings. The number of nitrogens with zero attached hydrogens (tertiary/aromatic N) is 3. The van der Waals surface area contributed by atoms with Gasteiger partial charge in [-0.1, -0.05) is 6.07 Å². The Morgan fingerprint density at radius 2 is 1.91 bits per heavy atom. The Morgan fingerprint density at radius 3 is 2.63 bits per heavy atom. The second-order valence-electron chi connectivity index (χ2n) is 9.40. The van der Waals surface area contributed by atoms with E-state index in [2.05, 4.69) is 15.3 Å². The third-order valence-electron chi connectivity index (χ3n) is 6.88. The molecule has 186 valence electrons. The summed E-state index contributed by atoms with van der Waals surface area (Å²) < 4.78 is 52.2. The van der Waals surface area contributed by atoms with E-state index >= 15 is 0 Å². The molecule has 1 saturated heterocycles. The molecular formula is C25H27F3N4O3. The van der Waals surface area contributed by atoms with E-state index in [1.165, 1.54) is 12.4 Å². The Bertz CT molecular complexity index is 1210. The Kier molecular flexibility index (Phi) is 6.29. The van der Waals surface area contributed by atoms with Gasteiger partial charge in [0.2, 0.25) is 5.92 Å². The molecule has 3 heterocycles. The number of aromatic nitrogens is 2. The molecule has 1 aromatic carbocycles. The maximum absolute atomic E-state index is 14.3. The van der Waals surface area contributed by atoms with E-state index in [9.17, 15) is 18.0 Å². The van der Waals surface area contributed by atoms with Crippen LogP contribution in [-0.2, 0) is 4.74 Å². The van der Waals surface area contributed by atoms with Gasteiger partial charge >= 0.3 is 6.09 Å². The molecule has 3 aromatic rings. The van der Waals surface area contributed by atoms with Gasteiger partial charge in [0.1, 0.15) is 23.8 Å². The molecule has 0 atom stereocenters. The number of ether oxygens (including phenoxy) is 1. The van der Waals surface area contributed by atoms with Crippen LogP contribution in [0.25, 0.3) is 11.1 Å². The number of alkyl halides is 2. The van der Waals surface area contributed by atoms with Crippen LogP contribution in [0, 0.1) is 12.7 Å². The summed E-state index contributed by atoms with van der Waals surface area (Å²) in [5, 5.41) is 2.99. The fraction of sp³-hybridized carbons (Fsp3) is 0.480. The third-order valence-corrected chi connectivity index (χ3v) is 6.88. The molecule has 35 heavy (non-hydrogen) atoms. The van der Waals surface area contributed by atoms with Gasteiger partial charge in [-0.3, -0.25) is 0 Å². The van der Waals surface area contributed by atoms with E-state index in [1.54, 1.807) is 23.3 Å². The number of likely N-dealkylation sites (tertiary alicyclic amines) is 1. The molecule has 1 amide bonds. The van der Waals surface area contributed by atoms with Gasteiger partial charge in [-0.2, -0.15) is 0 Å². The normalized spacial score (nSPS) is 19.1. The minimum atomic E-state index is -2.65. The summed E-state index contributed by atoms with van der Waals surface area (Å²) in [6, 6.07) is 4.90. The van der Waals surface area contributed by atoms with Crippen molar-refractivity contribution < 1.29 is 27.1 Å². The first-order valence-corrected chi connectivity index (χ1v) is 11.9. The molecule has 1 saturated carbocycles. The molecule has 0 radical (unpaired) electrons. The lowest BCUT2D eigenvalue weighted by Crippen LogP contribution is -2.41. The first kappa shape index (κ1) is 23.4. The number of furan rings is 1. The van der Waals surface area contributed by atoms with Crippen molar-refractivity contribution in [1.82, 2.24) is 14.9 Å². The average molecular weight is 489 g/mol. The van der Waals surface area contributed by atoms with E-state index in [-0.39, 0.29) is 37.4 Å². The van der Waals surface area contributed by atoms with Crippen LogP contribution in [-0.4, -0.2) is 46.1 Å². The largest absolute Gasteiger partial charge is 0.458 e. The predicted molar refractivity (Wildman–Crippen MR) is 123 cm³/mol. The third kappa shape index (κ3) is 5.06. The number of amides is 1. The standard InChI is InChI=1S/C25H27F3N4O3/c1-15-2-3-20(19(26)12-15)31-23-22-21(29-14-30-23)18(13-34-22)16-6-10-32(11-7-16)24(33)35-17-4-8-25(27,28)9-5-17/h2-3,12-14,16-17H,4-11H2,1H3,(H,29,30,31). The number of nitrogens with one attached hydrogen (secondary N) is 1. The van der Waals surface area contributed by atoms with Gasteiger partial charge in [-0.05, 0) is 56.2 Å². The maximum Gasteiger partial charge on any atom is 0.410 e. The van der Waals surface area contributed by atoms with Gasteiger partial charge in [0.25, 0.3) is 0 Å². The Hall–Kier alpha value is -3.30. The Morgan fingerprint density at radius 1 is 1.17 bits per heavy atom. The summed E-state index contributed by atoms with van der Waals surface area (Å²) >= 11 is 0. The number of benzene rings is 1. The van der Waals surface area contributed by atoms with Gasteiger partial charge < -0.3 is 19.4 Å². The highest BCUT2D eigenvalue weighted by molar-refractivity contribution is 5.88. The summed E-state index contributed by atoms with van der Waals surface area (Å²) in [7, 11) is 0. The van der Waals surface area contributed by atoms with Gasteiger partial charge in [-0.15, -0.1) is 0 Å². The summed E-state index contributed by atoms with van der Waals surface area (Å²) in [6.07, 6.45) is 3.46. The number of carbonyl (C=O) groups is 1. The second kappa shape index (κ2) is 9.39. The molecule has 1 N–H and O–H groups in total. The first-order chi connectivity index (χ1) is 16.8. The molecule has 2 aromatic heterocycles. The number of anilines is 2. The monoisotopic (exact) mass is 488 g/mol. The number of aryl methyl sites for hydroxylation is 1. The van der Waals surface area contributed by atoms with Crippen LogP contribution in [0.4, 0.5) is 29.5 Å². The summed E-state index contributed by atoms with van der Waals surface area (Å²) in [6.45, 7) is 2.80. The molecule has 0 bridgehead atoms. The number of hydrogen-bond donors (Lipinski definition) is 1. The van der Waals surface area contributed by atoms with Crippen LogP contribution >= 0.6 is 0 Å². The molecular weight excluding hydrogens is 461 g/mol. The molecule has 10 heteroatoms. The highest BCUT2D eigenvalue weighted by Gasteiger charge is 2.37. The number of hydrogen-bond acceptors (Lipinski definition) is 6. The number of rotatable bonds is 4. The molecule has 5 rings (SSSR count). The first-order valence-electron chi connectivity index (χ1n) is 11.9. The van der Waals surface area contributed by atoms with Crippen molar-refractivity contribution in [3.8, 4) is 0 Å². The average Bonchev–Trinajstić information content (AvgIpc) is 3.27. The minimum Gasteiger partial charge on any atom is -0.458 e. The quantitative estimate of drug-likeness (QED) is 0.464. The van der Waals surface area contributed by atoms with E-state index in [4.69, 9.17) is 9.15 Å². The van der Waals surface area contributed by atoms with E-state index in [0.717, 1.165) is 11.1 Å². The topological polar surface area (TPSA) is 80.5 Å². The van der Waals surface area contributed by atoms with Crippen LogP contribution in [0.5, 0.6) is 0 Å². The maximum atomic E-state index is 14.3. The van der Waals surface area contributed by atoms with Crippen molar-refractivity contribution >= 4 is 28.7 Å². The second-order valence-corrected chi connectivity index (χ2v) is 9.40. The Labute approximate surface area is 200 Å². The van der Waals surface area contributed by atoms with Gasteiger partial charge in [0, 0.05) is 31.5 Å². The highest BCUT2D eigenvalue weighted by atomic mass is 19.3. The van der Waals surface area contributed by atoms with Crippen molar-refractivity contribution in [1.29, 1.82) is 0 Å². The van der Waals surface area contributed by atoms with E-state index in [1.807, 2.05) is 6.92 Å². The SMILES string of the molecule is Cc1ccc(Nc2ncnc3c(C4CCN(C(=O)OC5CCC(F)(F)CC5)CC4)coc23)c(F)c1. The molecule has 0 unspecified atom stereocenters. The zero-order chi connectivity index (χ0) is 24.6. The Balaban J connectivity index is 1.22. The van der Waals surface area contributed by atoms with Crippen LogP contribution in [0.2, 0.25) is 0 Å². The van der Waals surface area contributed by atoms with Crippen LogP contribution in [0.3, 0.4) is 0 Å². The van der Waals surface area contributed by atoms with Crippen molar-refractivity contribution in [2.45, 2.75) is 63.4 Å². The zero-order valence-corrected chi connectivity index (χ0v) is 19.4. The summed E-state index contributed by atoms with van der Waals surface area (Å²) in [5.74, 6) is -2.54. The summed E-state index contributed by atoms with van der Waals surface area (Å²) in [5.41, 5.74) is 3.12. The molecule has 1 aliphatic heterocycles. The van der Waals surface area contributed by atoms with Crippen LogP contribution in [0.15, 0.2) is 35.2 Å². The number of fused-ring (bicyclic) bond motifs is 1. The molecule has 1 aliphatic carbocycles. The van der Waals surface area contributed by atoms with Gasteiger partial charge in [0.15, 0.2) is 11.4 Å².